The van der Waals surface area contributed by atoms with Gasteiger partial charge in [0, 0.05) is 32.6 Å². The highest BCUT2D eigenvalue weighted by Crippen LogP contribution is 2.38. The van der Waals surface area contributed by atoms with Crippen LogP contribution in [0.15, 0.2) is 24.3 Å². The van der Waals surface area contributed by atoms with Crippen LogP contribution >= 0.6 is 11.3 Å². The maximum absolute atomic E-state index is 5.56. The number of anilines is 3. The van der Waals surface area contributed by atoms with Gasteiger partial charge in [-0.1, -0.05) is 11.3 Å². The van der Waals surface area contributed by atoms with Crippen molar-refractivity contribution in [2.45, 2.75) is 25.4 Å². The molecule has 0 amide bonds. The van der Waals surface area contributed by atoms with Crippen LogP contribution in [-0.4, -0.2) is 26.2 Å². The Labute approximate surface area is 129 Å². The number of nitrogens with one attached hydrogen (secondary N) is 1. The normalized spacial score (nSPS) is 17.4. The van der Waals surface area contributed by atoms with Gasteiger partial charge < -0.3 is 15.0 Å². The topological polar surface area (TPSA) is 37.4 Å². The molecule has 0 fully saturated rings. The summed E-state index contributed by atoms with van der Waals surface area (Å²) < 4.78 is 5.56. The molecule has 0 saturated heterocycles. The molecule has 3 rings (SSSR count). The minimum Gasteiger partial charge on any atom is -0.378 e. The Morgan fingerprint density at radius 1 is 1.29 bits per heavy atom. The molecule has 1 aliphatic carbocycles. The lowest BCUT2D eigenvalue weighted by Gasteiger charge is -2.18. The van der Waals surface area contributed by atoms with Gasteiger partial charge in [-0.15, -0.1) is 0 Å². The summed E-state index contributed by atoms with van der Waals surface area (Å²) in [5.74, 6) is 0. The second kappa shape index (κ2) is 6.03. The summed E-state index contributed by atoms with van der Waals surface area (Å²) in [4.78, 5) is 8.10. The molecule has 0 saturated carbocycles. The van der Waals surface area contributed by atoms with Gasteiger partial charge in [0.1, 0.15) is 0 Å². The van der Waals surface area contributed by atoms with E-state index in [4.69, 9.17) is 9.72 Å². The summed E-state index contributed by atoms with van der Waals surface area (Å²) >= 11 is 1.72. The van der Waals surface area contributed by atoms with Gasteiger partial charge >= 0.3 is 0 Å². The third-order valence-corrected chi connectivity index (χ3v) is 4.92. The summed E-state index contributed by atoms with van der Waals surface area (Å²) in [6.45, 7) is 0. The highest BCUT2D eigenvalue weighted by Gasteiger charge is 2.24. The van der Waals surface area contributed by atoms with Crippen molar-refractivity contribution in [1.82, 2.24) is 4.98 Å². The first-order chi connectivity index (χ1) is 10.2. The number of methoxy groups -OCH3 is 1. The molecular formula is C16H21N3OS. The van der Waals surface area contributed by atoms with Crippen molar-refractivity contribution >= 4 is 27.8 Å². The predicted octanol–water partition coefficient (Wildman–Crippen LogP) is 3.98. The Kier molecular flexibility index (Phi) is 4.12. The van der Waals surface area contributed by atoms with E-state index in [0.29, 0.717) is 0 Å². The van der Waals surface area contributed by atoms with Crippen LogP contribution < -0.4 is 10.2 Å². The molecule has 5 heteroatoms. The van der Waals surface area contributed by atoms with Gasteiger partial charge in [0.05, 0.1) is 16.7 Å². The van der Waals surface area contributed by atoms with Crippen molar-refractivity contribution < 1.29 is 4.74 Å². The van der Waals surface area contributed by atoms with Gasteiger partial charge in [0.2, 0.25) is 0 Å². The number of benzene rings is 1. The van der Waals surface area contributed by atoms with Crippen molar-refractivity contribution in [3.05, 3.63) is 34.8 Å². The average molecular weight is 303 g/mol. The quantitative estimate of drug-likeness (QED) is 0.927. The lowest BCUT2D eigenvalue weighted by Crippen LogP contribution is -2.08. The Morgan fingerprint density at radius 3 is 2.71 bits per heavy atom. The number of fused-ring (bicyclic) bond motifs is 1. The molecule has 4 nitrogen and oxygen atoms in total. The molecule has 0 radical (unpaired) electrons. The minimum absolute atomic E-state index is 0.220. The number of hydrogen-bond acceptors (Lipinski definition) is 5. The Bertz CT molecular complexity index is 606. The highest BCUT2D eigenvalue weighted by molar-refractivity contribution is 7.15. The maximum Gasteiger partial charge on any atom is 0.187 e. The monoisotopic (exact) mass is 303 g/mol. The van der Waals surface area contributed by atoms with E-state index in [1.165, 1.54) is 16.3 Å². The summed E-state index contributed by atoms with van der Waals surface area (Å²) in [7, 11) is 5.87. The van der Waals surface area contributed by atoms with Crippen LogP contribution in [-0.2, 0) is 11.2 Å². The Morgan fingerprint density at radius 2 is 2.05 bits per heavy atom. The molecule has 1 N–H and O–H groups in total. The molecule has 0 bridgehead atoms. The molecule has 1 aliphatic rings. The molecule has 1 aromatic carbocycles. The average Bonchev–Trinajstić information content (AvgIpc) is 2.90. The number of thiazole rings is 1. The predicted molar refractivity (Wildman–Crippen MR) is 88.9 cm³/mol. The molecule has 1 unspecified atom stereocenters. The fraction of sp³-hybridized carbons (Fsp3) is 0.438. The zero-order valence-electron chi connectivity index (χ0n) is 12.7. The van der Waals surface area contributed by atoms with Crippen LogP contribution in [0.2, 0.25) is 0 Å². The molecule has 1 aromatic heterocycles. The maximum atomic E-state index is 5.56. The minimum atomic E-state index is 0.220. The van der Waals surface area contributed by atoms with Gasteiger partial charge in [-0.25, -0.2) is 4.98 Å². The molecule has 0 spiro atoms. The van der Waals surface area contributed by atoms with Crippen molar-refractivity contribution in [2.75, 3.05) is 31.4 Å². The first kappa shape index (κ1) is 14.4. The van der Waals surface area contributed by atoms with Gasteiger partial charge in [0.25, 0.3) is 0 Å². The fourth-order valence-electron chi connectivity index (χ4n) is 2.62. The molecular weight excluding hydrogens is 282 g/mol. The van der Waals surface area contributed by atoms with E-state index in [1.807, 2.05) is 14.1 Å². The first-order valence-corrected chi connectivity index (χ1v) is 8.06. The van der Waals surface area contributed by atoms with Crippen LogP contribution in [0, 0.1) is 0 Å². The third kappa shape index (κ3) is 3.04. The smallest absolute Gasteiger partial charge is 0.187 e. The molecule has 1 heterocycles. The molecule has 0 aliphatic heterocycles. The van der Waals surface area contributed by atoms with E-state index in [0.717, 1.165) is 30.1 Å². The summed E-state index contributed by atoms with van der Waals surface area (Å²) in [5.41, 5.74) is 3.46. The van der Waals surface area contributed by atoms with Crippen LogP contribution in [0.1, 0.15) is 29.5 Å². The second-order valence-corrected chi connectivity index (χ2v) is 6.54. The van der Waals surface area contributed by atoms with Crippen LogP contribution in [0.3, 0.4) is 0 Å². The van der Waals surface area contributed by atoms with Gasteiger partial charge in [-0.3, -0.25) is 0 Å². The van der Waals surface area contributed by atoms with Crippen molar-refractivity contribution in [1.29, 1.82) is 0 Å². The Hall–Kier alpha value is -1.59. The van der Waals surface area contributed by atoms with Crippen molar-refractivity contribution in [2.24, 2.45) is 0 Å². The number of rotatable bonds is 4. The molecule has 112 valence electrons. The van der Waals surface area contributed by atoms with E-state index in [1.54, 1.807) is 18.4 Å². The number of hydrogen-bond donors (Lipinski definition) is 1. The van der Waals surface area contributed by atoms with E-state index in [9.17, 15) is 0 Å². The summed E-state index contributed by atoms with van der Waals surface area (Å²) in [6, 6.07) is 8.38. The largest absolute Gasteiger partial charge is 0.378 e. The van der Waals surface area contributed by atoms with E-state index >= 15 is 0 Å². The molecule has 2 aromatic rings. The van der Waals surface area contributed by atoms with Crippen molar-refractivity contribution in [3.63, 3.8) is 0 Å². The fourth-order valence-corrected chi connectivity index (χ4v) is 3.77. The zero-order chi connectivity index (χ0) is 14.8. The number of aryl methyl sites for hydroxylation is 1. The second-order valence-electron chi connectivity index (χ2n) is 5.51. The zero-order valence-corrected chi connectivity index (χ0v) is 13.5. The first-order valence-electron chi connectivity index (χ1n) is 7.24. The standard InChI is InChI=1S/C16H21N3OS/c1-19(2)12-9-7-11(8-10-12)17-16-18-13-5-4-6-14(20-3)15(13)21-16/h7-10,14H,4-6H2,1-3H3,(H,17,18). The van der Waals surface area contributed by atoms with E-state index in [-0.39, 0.29) is 6.10 Å². The number of nitrogens with zero attached hydrogens (tertiary/aromatic N) is 2. The summed E-state index contributed by atoms with van der Waals surface area (Å²) in [5, 5.41) is 4.37. The van der Waals surface area contributed by atoms with E-state index in [2.05, 4.69) is 34.5 Å². The third-order valence-electron chi connectivity index (χ3n) is 3.82. The summed E-state index contributed by atoms with van der Waals surface area (Å²) in [6.07, 6.45) is 3.54. The molecule has 21 heavy (non-hydrogen) atoms. The number of ether oxygens (including phenoxy) is 1. The SMILES string of the molecule is COC1CCCc2nc(Nc3ccc(N(C)C)cc3)sc21. The van der Waals surface area contributed by atoms with Crippen LogP contribution in [0.5, 0.6) is 0 Å². The lowest BCUT2D eigenvalue weighted by atomic mass is 10.0. The van der Waals surface area contributed by atoms with Crippen molar-refractivity contribution in [3.8, 4) is 0 Å². The highest BCUT2D eigenvalue weighted by atomic mass is 32.1. The lowest BCUT2D eigenvalue weighted by molar-refractivity contribution is 0.0908. The molecule has 1 atom stereocenters. The van der Waals surface area contributed by atoms with Gasteiger partial charge in [-0.2, -0.15) is 0 Å². The van der Waals surface area contributed by atoms with Crippen LogP contribution in [0.25, 0.3) is 0 Å². The van der Waals surface area contributed by atoms with E-state index < -0.39 is 0 Å². The number of aromatic nitrogens is 1. The van der Waals surface area contributed by atoms with Crippen LogP contribution in [0.4, 0.5) is 16.5 Å². The van der Waals surface area contributed by atoms with Gasteiger partial charge in [-0.05, 0) is 43.5 Å². The Balaban J connectivity index is 1.77. The van der Waals surface area contributed by atoms with Gasteiger partial charge in [0.15, 0.2) is 5.13 Å².